The van der Waals surface area contributed by atoms with Gasteiger partial charge in [-0.25, -0.2) is 0 Å². The van der Waals surface area contributed by atoms with Crippen LogP contribution in [0.15, 0.2) is 18.2 Å². The molecule has 1 aliphatic heterocycles. The lowest BCUT2D eigenvalue weighted by Gasteiger charge is -2.30. The van der Waals surface area contributed by atoms with E-state index in [2.05, 4.69) is 17.6 Å². The fraction of sp³-hybridized carbons (Fsp3) is 0.500. The summed E-state index contributed by atoms with van der Waals surface area (Å²) in [5, 5.41) is 7.23. The number of hydrogen-bond donors (Lipinski definition) is 2. The monoisotopic (exact) mass is 316 g/mol. The Balaban J connectivity index is 1.82. The Kier molecular flexibility index (Phi) is 5.52. The van der Waals surface area contributed by atoms with E-state index in [1.807, 2.05) is 0 Å². The number of rotatable bonds is 4. The van der Waals surface area contributed by atoms with E-state index in [0.717, 1.165) is 19.5 Å². The van der Waals surface area contributed by atoms with E-state index in [1.54, 1.807) is 18.2 Å². The maximum atomic E-state index is 11.9. The number of nitrogens with one attached hydrogen (secondary N) is 2. The number of halogens is 2. The molecule has 1 fully saturated rings. The number of ether oxygens (including phenoxy) is 1. The summed E-state index contributed by atoms with van der Waals surface area (Å²) in [6.45, 7) is 3.93. The molecule has 1 saturated heterocycles. The Bertz CT molecular complexity index is 482. The molecule has 2 unspecified atom stereocenters. The fourth-order valence-corrected chi connectivity index (χ4v) is 2.68. The van der Waals surface area contributed by atoms with Crippen LogP contribution in [0.3, 0.4) is 0 Å². The predicted molar refractivity (Wildman–Crippen MR) is 80.5 cm³/mol. The summed E-state index contributed by atoms with van der Waals surface area (Å²) < 4.78 is 5.41. The zero-order chi connectivity index (χ0) is 14.5. The minimum absolute atomic E-state index is 0.0436. The number of hydrogen-bond acceptors (Lipinski definition) is 3. The Morgan fingerprint density at radius 3 is 3.00 bits per heavy atom. The molecule has 110 valence electrons. The predicted octanol–water partition coefficient (Wildman–Crippen LogP) is 2.49. The molecule has 4 nitrogen and oxygen atoms in total. The molecule has 0 aliphatic carbocycles. The van der Waals surface area contributed by atoms with Crippen LogP contribution in [0.25, 0.3) is 0 Å². The van der Waals surface area contributed by atoms with Gasteiger partial charge in [-0.2, -0.15) is 0 Å². The molecule has 0 spiro atoms. The van der Waals surface area contributed by atoms with Crippen LogP contribution >= 0.6 is 23.2 Å². The summed E-state index contributed by atoms with van der Waals surface area (Å²) in [6.07, 6.45) is 0.939. The molecule has 1 aromatic carbocycles. The molecule has 0 aromatic heterocycles. The molecule has 1 heterocycles. The molecule has 1 aliphatic rings. The molecule has 2 rings (SSSR count). The zero-order valence-electron chi connectivity index (χ0n) is 11.3. The number of carbonyl (C=O) groups is 1. The first-order chi connectivity index (χ1) is 9.56. The van der Waals surface area contributed by atoms with Crippen molar-refractivity contribution < 1.29 is 9.53 Å². The highest BCUT2D eigenvalue weighted by Gasteiger charge is 2.22. The number of benzene rings is 1. The molecule has 1 amide bonds. The first-order valence-electron chi connectivity index (χ1n) is 6.64. The highest BCUT2D eigenvalue weighted by Crippen LogP contribution is 2.27. The second-order valence-corrected chi connectivity index (χ2v) is 5.85. The highest BCUT2D eigenvalue weighted by molar-refractivity contribution is 6.35. The van der Waals surface area contributed by atoms with Gasteiger partial charge in [0.1, 0.15) is 5.75 Å². The van der Waals surface area contributed by atoms with Crippen molar-refractivity contribution in [3.05, 3.63) is 28.2 Å². The summed E-state index contributed by atoms with van der Waals surface area (Å²) in [4.78, 5) is 11.9. The molecular weight excluding hydrogens is 299 g/mol. The SMILES string of the molecule is CC1CNCCC1NC(=O)COc1ccc(Cl)cc1Cl. The van der Waals surface area contributed by atoms with Gasteiger partial charge in [-0.3, -0.25) is 4.79 Å². The van der Waals surface area contributed by atoms with Crippen molar-refractivity contribution in [2.45, 2.75) is 19.4 Å². The van der Waals surface area contributed by atoms with Gasteiger partial charge in [0, 0.05) is 11.1 Å². The lowest BCUT2D eigenvalue weighted by atomic mass is 9.95. The Labute approximate surface area is 128 Å². The van der Waals surface area contributed by atoms with E-state index in [-0.39, 0.29) is 18.6 Å². The molecule has 1 aromatic rings. The van der Waals surface area contributed by atoms with Crippen LogP contribution < -0.4 is 15.4 Å². The number of amides is 1. The van der Waals surface area contributed by atoms with Gasteiger partial charge in [-0.1, -0.05) is 30.1 Å². The van der Waals surface area contributed by atoms with Crippen molar-refractivity contribution in [1.29, 1.82) is 0 Å². The number of piperidine rings is 1. The van der Waals surface area contributed by atoms with Crippen molar-refractivity contribution in [2.75, 3.05) is 19.7 Å². The van der Waals surface area contributed by atoms with E-state index in [4.69, 9.17) is 27.9 Å². The minimum atomic E-state index is -0.130. The number of carbonyl (C=O) groups excluding carboxylic acids is 1. The van der Waals surface area contributed by atoms with Gasteiger partial charge in [0.15, 0.2) is 6.61 Å². The molecule has 2 N–H and O–H groups in total. The van der Waals surface area contributed by atoms with Crippen molar-refractivity contribution >= 4 is 29.1 Å². The topological polar surface area (TPSA) is 50.4 Å². The third-order valence-corrected chi connectivity index (χ3v) is 3.91. The van der Waals surface area contributed by atoms with E-state index in [0.29, 0.717) is 21.7 Å². The molecule has 6 heteroatoms. The van der Waals surface area contributed by atoms with E-state index < -0.39 is 0 Å². The fourth-order valence-electron chi connectivity index (χ4n) is 2.21. The normalized spacial score (nSPS) is 22.4. The molecule has 2 atom stereocenters. The summed E-state index contributed by atoms with van der Waals surface area (Å²) >= 11 is 11.8. The van der Waals surface area contributed by atoms with E-state index in [1.165, 1.54) is 0 Å². The smallest absolute Gasteiger partial charge is 0.258 e. The average molecular weight is 317 g/mol. The standard InChI is InChI=1S/C14H18Cl2N2O2/c1-9-7-17-5-4-12(9)18-14(19)8-20-13-3-2-10(15)6-11(13)16/h2-3,6,9,12,17H,4-5,7-8H2,1H3,(H,18,19). The minimum Gasteiger partial charge on any atom is -0.482 e. The van der Waals surface area contributed by atoms with Crippen LogP contribution in [0.2, 0.25) is 10.0 Å². The van der Waals surface area contributed by atoms with Gasteiger partial charge >= 0.3 is 0 Å². The van der Waals surface area contributed by atoms with Crippen LogP contribution in [0.1, 0.15) is 13.3 Å². The van der Waals surface area contributed by atoms with Crippen molar-refractivity contribution in [2.24, 2.45) is 5.92 Å². The summed E-state index contributed by atoms with van der Waals surface area (Å²) in [5.74, 6) is 0.756. The van der Waals surface area contributed by atoms with Crippen LogP contribution in [0.5, 0.6) is 5.75 Å². The maximum Gasteiger partial charge on any atom is 0.258 e. The quantitative estimate of drug-likeness (QED) is 0.897. The largest absolute Gasteiger partial charge is 0.482 e. The lowest BCUT2D eigenvalue weighted by Crippen LogP contribution is -2.49. The van der Waals surface area contributed by atoms with Crippen molar-refractivity contribution in [1.82, 2.24) is 10.6 Å². The first-order valence-corrected chi connectivity index (χ1v) is 7.40. The van der Waals surface area contributed by atoms with Gasteiger partial charge in [0.25, 0.3) is 5.91 Å². The third-order valence-electron chi connectivity index (χ3n) is 3.38. The maximum absolute atomic E-state index is 11.9. The first kappa shape index (κ1) is 15.4. The molecular formula is C14H18Cl2N2O2. The van der Waals surface area contributed by atoms with Crippen LogP contribution in [0, 0.1) is 5.92 Å². The van der Waals surface area contributed by atoms with Crippen LogP contribution in [-0.4, -0.2) is 31.6 Å². The van der Waals surface area contributed by atoms with Gasteiger partial charge < -0.3 is 15.4 Å². The van der Waals surface area contributed by atoms with Gasteiger partial charge in [-0.15, -0.1) is 0 Å². The van der Waals surface area contributed by atoms with Crippen LogP contribution in [-0.2, 0) is 4.79 Å². The van der Waals surface area contributed by atoms with Crippen molar-refractivity contribution in [3.8, 4) is 5.75 Å². The molecule has 0 radical (unpaired) electrons. The van der Waals surface area contributed by atoms with Gasteiger partial charge in [0.2, 0.25) is 0 Å². The Morgan fingerprint density at radius 2 is 2.30 bits per heavy atom. The average Bonchev–Trinajstić information content (AvgIpc) is 2.40. The van der Waals surface area contributed by atoms with Crippen molar-refractivity contribution in [3.63, 3.8) is 0 Å². The molecule has 20 heavy (non-hydrogen) atoms. The third kappa shape index (κ3) is 4.27. The summed E-state index contributed by atoms with van der Waals surface area (Å²) in [6, 6.07) is 5.12. The Hall–Kier alpha value is -0.970. The second kappa shape index (κ2) is 7.16. The summed E-state index contributed by atoms with van der Waals surface area (Å²) in [7, 11) is 0. The van der Waals surface area contributed by atoms with Gasteiger partial charge in [0.05, 0.1) is 5.02 Å². The molecule has 0 saturated carbocycles. The lowest BCUT2D eigenvalue weighted by molar-refractivity contribution is -0.124. The highest BCUT2D eigenvalue weighted by atomic mass is 35.5. The Morgan fingerprint density at radius 1 is 1.50 bits per heavy atom. The van der Waals surface area contributed by atoms with Crippen LogP contribution in [0.4, 0.5) is 0 Å². The second-order valence-electron chi connectivity index (χ2n) is 5.01. The van der Waals surface area contributed by atoms with E-state index in [9.17, 15) is 4.79 Å². The zero-order valence-corrected chi connectivity index (χ0v) is 12.8. The summed E-state index contributed by atoms with van der Waals surface area (Å²) in [5.41, 5.74) is 0. The molecule has 0 bridgehead atoms. The van der Waals surface area contributed by atoms with Gasteiger partial charge in [-0.05, 0) is 43.6 Å². The van der Waals surface area contributed by atoms with E-state index >= 15 is 0 Å².